The smallest absolute Gasteiger partial charge is 0.204 e. The Morgan fingerprint density at radius 1 is 0.388 bits per heavy atom. The molecule has 0 amide bonds. The fourth-order valence-corrected chi connectivity index (χ4v) is 21.9. The Labute approximate surface area is 759 Å². The number of ether oxygens (including phenoxy) is 5. The molecule has 21 N–H and O–H groups in total. The Bertz CT molecular complexity index is 5710. The third kappa shape index (κ3) is 25.0. The van der Waals surface area contributed by atoms with Crippen LogP contribution in [0.1, 0.15) is 127 Å². The summed E-state index contributed by atoms with van der Waals surface area (Å²) in [4.78, 5) is 48.1. The number of hydrogen-bond acceptors (Lipinski definition) is 33. The molecule has 0 bridgehead atoms. The number of aryl methyl sites for hydroxylation is 2. The van der Waals surface area contributed by atoms with Crippen LogP contribution in [0, 0.1) is 6.92 Å². The lowest BCUT2D eigenvalue weighted by Gasteiger charge is -2.20. The van der Waals surface area contributed by atoms with Gasteiger partial charge in [-0.3, -0.25) is 22.8 Å². The molecule has 15 heterocycles. The zero-order chi connectivity index (χ0) is 94.4. The summed E-state index contributed by atoms with van der Waals surface area (Å²) >= 11 is 1.59. The van der Waals surface area contributed by atoms with Crippen molar-refractivity contribution in [1.82, 2.24) is 77.7 Å². The lowest BCUT2D eigenvalue weighted by atomic mass is 10.1. The van der Waals surface area contributed by atoms with E-state index in [2.05, 4.69) is 167 Å². The van der Waals surface area contributed by atoms with Gasteiger partial charge in [-0.05, 0) is 174 Å². The summed E-state index contributed by atoms with van der Waals surface area (Å²) in [7, 11) is 1.82. The van der Waals surface area contributed by atoms with Gasteiger partial charge in [0.15, 0.2) is 70.3 Å². The summed E-state index contributed by atoms with van der Waals surface area (Å²) < 4.78 is 38.5. The van der Waals surface area contributed by atoms with Gasteiger partial charge in [0.1, 0.15) is 100 Å². The first kappa shape index (κ1) is 103. The van der Waals surface area contributed by atoms with E-state index in [0.717, 1.165) is 86.6 Å². The van der Waals surface area contributed by atoms with Crippen LogP contribution in [-0.4, -0.2) is 362 Å². The highest BCUT2D eigenvalue weighted by Gasteiger charge is 2.50. The molecule has 15 rings (SSSR count). The largest absolute Gasteiger partial charge is 0.397 e. The van der Waals surface area contributed by atoms with Crippen LogP contribution in [0.15, 0.2) is 66.9 Å². The SMILES string of the molecule is C=P(C)(C)CC[C@H]1O[C@@H](n2c(CCCCCC)nc3c(N)ccnc32)[C@H](O)[C@@H]1O.C=P(C)(C)CC[C@H]1O[C@@H](n2c(N)nc3c(N)ccnc32)[C@H](O)[C@@H]1O.C=P(C)(C)CC[C@H]1O[C@@H](n2c(SCCCC)nc3c(N)ccnc32)[C@H](O)[C@@H]1O.C=P(C)(C)CC[C@H]1O[C@@H](n2cnc3c(N)nc(C)nc32)[C@H](O)[C@@H]1O.C=P(C)(C)CC[C@H]1O[C@@H](n2cnc3c(NC)ccnc32)[C@H](O)[C@@H]1O. The van der Waals surface area contributed by atoms with Crippen molar-refractivity contribution in [2.75, 3.05) is 144 Å². The van der Waals surface area contributed by atoms with E-state index in [0.29, 0.717) is 116 Å². The maximum atomic E-state index is 10.8. The Hall–Kier alpha value is -6.92. The van der Waals surface area contributed by atoms with E-state index in [4.69, 9.17) is 57.3 Å². The fourth-order valence-electron chi connectivity index (χ4n) is 16.0. The molecule has 5 aliphatic heterocycles. The number of unbranched alkanes of at least 4 members (excludes halogenated alkanes) is 4. The van der Waals surface area contributed by atoms with Gasteiger partial charge >= 0.3 is 0 Å². The molecule has 0 aromatic carbocycles. The van der Waals surface area contributed by atoms with Crippen molar-refractivity contribution in [2.45, 2.75) is 226 Å². The number of rotatable bonds is 30. The van der Waals surface area contributed by atoms with Gasteiger partial charge in [0, 0.05) is 44.0 Å². The summed E-state index contributed by atoms with van der Waals surface area (Å²) in [6, 6.07) is 6.90. The number of anilines is 6. The maximum Gasteiger partial charge on any atom is 0.204 e. The van der Waals surface area contributed by atoms with Crippen LogP contribution in [0.2, 0.25) is 0 Å². The van der Waals surface area contributed by atoms with Crippen molar-refractivity contribution in [3.05, 3.63) is 73.4 Å². The van der Waals surface area contributed by atoms with Crippen LogP contribution in [0.5, 0.6) is 0 Å². The molecule has 37 nitrogen and oxygen atoms in total. The number of imidazole rings is 5. The number of pyridine rings is 4. The molecule has 0 saturated carbocycles. The van der Waals surface area contributed by atoms with Gasteiger partial charge in [0.05, 0.1) is 65.9 Å². The van der Waals surface area contributed by atoms with Gasteiger partial charge in [-0.25, -0.2) is 54.8 Å². The topological polar surface area (TPSA) is 557 Å². The lowest BCUT2D eigenvalue weighted by molar-refractivity contribution is -0.0400. The highest BCUT2D eigenvalue weighted by molar-refractivity contribution is 7.99. The normalized spacial score (nSPS) is 26.7. The second-order valence-corrected chi connectivity index (χ2v) is 60.3. The minimum Gasteiger partial charge on any atom is -0.397 e. The minimum absolute atomic E-state index is 0.136. The standard InChI is InChI=1S/C21H35N4O3P.C19H31N4O3PS.C16H25N4O3P.2C15H24N5O3P/c1-5-6-7-8-9-16-24-17-14(22)10-12-23-20(17)25(16)21-19(27)18(26)15(28-21)11-13-29(2,3)4;1-5-6-11-28-19-22-14-12(20)7-9-21-17(14)23(19)18-16(25)15(24)13(26-18)8-10-27(2,3)4;1-17-10-5-7-18-15-12(10)19-9-20(15)16-14(22)13(21)11(23-16)6-8-24(2,3)4;1-8-18-13(16)10-14(19-8)20(7-17-10)15-12(22)11(21)9(23-15)5-6-24(2,3)4;1-24(2,3)7-5-9-11(21)12(22)14(23-9)20-13-10(19-15(20)17)8(16)4-6-18-13/h10,12,15,18-19,21,26-27H,2,5-9,11,13H2,1,3-4H3,(H2,22,23);7,9,13,15-16,18,24-25H,2,5-6,8,10-11H2,1,3-4H3,(H2,20,21);5,7,9,11,13-14,16,21-22H,2,6,8H2,1,3-4H3,(H,17,18);7,9,11-12,15,21-22H,2,5-6H2,1,3-4H3,(H2,16,18,19);4,6,9,11-12,14,21-22H,1,5,7H2,2-3H3,(H2,16,18)(H2,17,19)/t15-,18-,19-,21-;13-,15-,16-,18-;11-,13-,14-,16-;9-,11-,12-,15-;9-,11-,12-,14-/m11111/s1. The van der Waals surface area contributed by atoms with Crippen LogP contribution < -0.4 is 34.0 Å². The van der Waals surface area contributed by atoms with Crippen molar-refractivity contribution in [3.63, 3.8) is 0 Å². The van der Waals surface area contributed by atoms with Crippen molar-refractivity contribution in [3.8, 4) is 0 Å². The summed E-state index contributed by atoms with van der Waals surface area (Å²) in [5.41, 5.74) is 37.9. The number of aliphatic hydroxyl groups excluding tert-OH is 10. The van der Waals surface area contributed by atoms with Crippen LogP contribution in [-0.2, 0) is 30.1 Å². The van der Waals surface area contributed by atoms with E-state index >= 15 is 0 Å². The monoisotopic (exact) mass is 1910 g/mol. The summed E-state index contributed by atoms with van der Waals surface area (Å²) in [5, 5.41) is 109. The summed E-state index contributed by atoms with van der Waals surface area (Å²) in [6.07, 6.45) is 29.6. The van der Waals surface area contributed by atoms with E-state index < -0.39 is 157 Å². The van der Waals surface area contributed by atoms with Gasteiger partial charge < -0.3 is 109 Å². The molecule has 5 aliphatic rings. The summed E-state index contributed by atoms with van der Waals surface area (Å²) in [5.74, 6) is 2.62. The summed E-state index contributed by atoms with van der Waals surface area (Å²) in [6.45, 7) is 21.3. The zero-order valence-corrected chi connectivity index (χ0v) is 82.1. The van der Waals surface area contributed by atoms with Gasteiger partial charge in [0.25, 0.3) is 0 Å². The van der Waals surface area contributed by atoms with Gasteiger partial charge in [-0.1, -0.05) is 51.3 Å². The number of nitrogens with two attached hydrogens (primary N) is 5. The van der Waals surface area contributed by atoms with Crippen molar-refractivity contribution >= 4 is 168 Å². The molecule has 20 atom stereocenters. The zero-order valence-electron chi connectivity index (χ0n) is 76.8. The number of fused-ring (bicyclic) bond motifs is 5. The number of nitrogens with one attached hydrogen (secondary N) is 1. The Morgan fingerprint density at radius 3 is 1.17 bits per heavy atom. The maximum absolute atomic E-state index is 10.8. The molecular weight excluding hydrogens is 1770 g/mol. The quantitative estimate of drug-likeness (QED) is 0.0118. The molecule has 43 heteroatoms. The van der Waals surface area contributed by atoms with E-state index in [1.807, 2.05) is 17.7 Å². The molecule has 0 spiro atoms. The van der Waals surface area contributed by atoms with Gasteiger partial charge in [-0.15, -0.1) is 65.9 Å². The third-order valence-corrected chi connectivity index (χ3v) is 31.6. The highest BCUT2D eigenvalue weighted by atomic mass is 32.2. The van der Waals surface area contributed by atoms with Crippen LogP contribution in [0.4, 0.5) is 34.5 Å². The molecule has 10 aromatic rings. The average molecular weight is 1910 g/mol. The molecule has 0 unspecified atom stereocenters. The number of aromatic nitrogens is 16. The number of thioether (sulfide) groups is 1. The molecule has 0 radical (unpaired) electrons. The van der Waals surface area contributed by atoms with E-state index in [9.17, 15) is 51.1 Å². The minimum atomic E-state index is -1.24. The van der Waals surface area contributed by atoms with Crippen molar-refractivity contribution in [2.24, 2.45) is 0 Å². The first-order valence-electron chi connectivity index (χ1n) is 43.8. The van der Waals surface area contributed by atoms with E-state index in [1.165, 1.54) is 17.3 Å². The fraction of sp³-hybridized carbons (Fsp3) is 0.605. The van der Waals surface area contributed by atoms with Crippen LogP contribution in [0.3, 0.4) is 0 Å². The molecule has 5 fully saturated rings. The number of hydrogen-bond donors (Lipinski definition) is 16. The van der Waals surface area contributed by atoms with Crippen molar-refractivity contribution in [1.29, 1.82) is 0 Å². The second-order valence-electron chi connectivity index (χ2n) is 37.6. The molecule has 0 aliphatic carbocycles. The van der Waals surface area contributed by atoms with Crippen molar-refractivity contribution < 1.29 is 74.7 Å². The highest BCUT2D eigenvalue weighted by Crippen LogP contribution is 2.48. The van der Waals surface area contributed by atoms with Gasteiger partial charge in [0.2, 0.25) is 5.95 Å². The molecule has 129 heavy (non-hydrogen) atoms. The molecule has 714 valence electrons. The predicted octanol–water partition coefficient (Wildman–Crippen LogP) is 7.42. The molecule has 10 aromatic heterocycles. The predicted molar refractivity (Wildman–Crippen MR) is 532 cm³/mol. The Morgan fingerprint density at radius 2 is 0.744 bits per heavy atom. The lowest BCUT2D eigenvalue weighted by Crippen LogP contribution is -2.32. The number of aliphatic hydroxyl groups is 10. The van der Waals surface area contributed by atoms with E-state index in [1.54, 1.807) is 81.7 Å². The van der Waals surface area contributed by atoms with E-state index in [-0.39, 0.29) is 11.8 Å². The molecule has 5 saturated heterocycles. The van der Waals surface area contributed by atoms with Crippen LogP contribution >= 0.6 is 46.2 Å². The average Bonchev–Trinajstić information content (AvgIpc) is 1.60. The van der Waals surface area contributed by atoms with Crippen LogP contribution in [0.25, 0.3) is 55.8 Å². The Balaban J connectivity index is 0.000000156. The third-order valence-electron chi connectivity index (χ3n) is 23.3. The second kappa shape index (κ2) is 43.2. The number of nitrogens with zero attached hydrogens (tertiary/aromatic N) is 16. The first-order valence-corrected chi connectivity index (χ1v) is 60.0. The molecular formula is C86H139N22O15P5S. The van der Waals surface area contributed by atoms with Gasteiger partial charge in [-0.2, -0.15) is 0 Å². The Kier molecular flexibility index (Phi) is 34.3. The first-order chi connectivity index (χ1) is 60.6. The number of nitrogen functional groups attached to an aromatic ring is 5.